The van der Waals surface area contributed by atoms with Gasteiger partial charge >= 0.3 is 8.03 Å². The maximum absolute atomic E-state index is 11.6. The molecule has 0 aliphatic heterocycles. The van der Waals surface area contributed by atoms with E-state index < -0.39 is 13.9 Å². The van der Waals surface area contributed by atoms with Crippen LogP contribution in [0.15, 0.2) is 24.3 Å². The molecule has 1 aromatic carbocycles. The largest absolute Gasteiger partial charge is 0.506 e. The Balaban J connectivity index is 2.57. The minimum atomic E-state index is -2.26. The van der Waals surface area contributed by atoms with Gasteiger partial charge in [-0.05, 0) is 30.5 Å². The number of hydrogen-bond acceptors (Lipinski definition) is 2. The molecule has 0 aromatic heterocycles. The topological polar surface area (TPSA) is 66.4 Å². The van der Waals surface area contributed by atoms with Crippen molar-refractivity contribution in [3.8, 4) is 0 Å². The van der Waals surface area contributed by atoms with Crippen molar-refractivity contribution in [2.45, 2.75) is 13.8 Å². The third kappa shape index (κ3) is 4.09. The third-order valence-electron chi connectivity index (χ3n) is 2.20. The van der Waals surface area contributed by atoms with Crippen molar-refractivity contribution in [1.29, 1.82) is 0 Å². The van der Waals surface area contributed by atoms with Crippen LogP contribution in [0, 0.1) is 12.8 Å². The SMILES string of the molecule is Cc1ccc(NC(=O)C(C)C[P+](=O)O)cc1. The monoisotopic (exact) mass is 240 g/mol. The second-order valence-corrected chi connectivity index (χ2v) is 4.86. The van der Waals surface area contributed by atoms with Crippen LogP contribution in [-0.4, -0.2) is 17.0 Å². The molecule has 0 saturated heterocycles. The van der Waals surface area contributed by atoms with Gasteiger partial charge in [-0.25, -0.2) is 0 Å². The number of aryl methyl sites for hydroxylation is 1. The first kappa shape index (κ1) is 12.8. The van der Waals surface area contributed by atoms with E-state index in [4.69, 9.17) is 4.89 Å². The van der Waals surface area contributed by atoms with Gasteiger partial charge in [0.05, 0.1) is 5.92 Å². The molecule has 1 aromatic rings. The van der Waals surface area contributed by atoms with Gasteiger partial charge in [-0.15, -0.1) is 0 Å². The lowest BCUT2D eigenvalue weighted by molar-refractivity contribution is -0.118. The molecule has 0 fully saturated rings. The van der Waals surface area contributed by atoms with E-state index in [0.29, 0.717) is 5.69 Å². The number of carbonyl (C=O) groups is 1. The smallest absolute Gasteiger partial charge is 0.326 e. The van der Waals surface area contributed by atoms with Crippen LogP contribution in [0.3, 0.4) is 0 Å². The first-order valence-electron chi connectivity index (χ1n) is 5.00. The van der Waals surface area contributed by atoms with E-state index in [1.165, 1.54) is 0 Å². The van der Waals surface area contributed by atoms with Crippen LogP contribution >= 0.6 is 8.03 Å². The van der Waals surface area contributed by atoms with Gasteiger partial charge in [-0.2, -0.15) is 4.89 Å². The molecule has 0 heterocycles. The molecule has 86 valence electrons. The summed E-state index contributed by atoms with van der Waals surface area (Å²) in [6.45, 7) is 3.59. The number of amides is 1. The summed E-state index contributed by atoms with van der Waals surface area (Å²) in [6.07, 6.45) is -0.00692. The molecular formula is C11H15NO3P+. The predicted molar refractivity (Wildman–Crippen MR) is 63.7 cm³/mol. The Bertz CT molecular complexity index is 389. The second-order valence-electron chi connectivity index (χ2n) is 3.79. The van der Waals surface area contributed by atoms with E-state index >= 15 is 0 Å². The van der Waals surface area contributed by atoms with Gasteiger partial charge in [0.25, 0.3) is 0 Å². The van der Waals surface area contributed by atoms with E-state index in [2.05, 4.69) is 5.32 Å². The summed E-state index contributed by atoms with van der Waals surface area (Å²) in [5.41, 5.74) is 1.82. The van der Waals surface area contributed by atoms with Crippen LogP contribution in [0.4, 0.5) is 5.69 Å². The molecule has 0 saturated carbocycles. The van der Waals surface area contributed by atoms with Crippen LogP contribution in [0.5, 0.6) is 0 Å². The summed E-state index contributed by atoms with van der Waals surface area (Å²) in [5.74, 6) is -0.698. The first-order valence-corrected chi connectivity index (χ1v) is 6.40. The normalized spacial score (nSPS) is 13.1. The highest BCUT2D eigenvalue weighted by Crippen LogP contribution is 2.19. The number of hydrogen-bond donors (Lipinski definition) is 2. The predicted octanol–water partition coefficient (Wildman–Crippen LogP) is 2.30. The highest BCUT2D eigenvalue weighted by atomic mass is 31.1. The van der Waals surface area contributed by atoms with Gasteiger partial charge in [0.1, 0.15) is 0 Å². The Kier molecular flexibility index (Phi) is 4.59. The summed E-state index contributed by atoms with van der Waals surface area (Å²) in [4.78, 5) is 20.3. The van der Waals surface area contributed by atoms with Crippen LogP contribution in [0.1, 0.15) is 12.5 Å². The molecular weight excluding hydrogens is 225 g/mol. The van der Waals surface area contributed by atoms with Gasteiger partial charge in [0, 0.05) is 5.69 Å². The summed E-state index contributed by atoms with van der Waals surface area (Å²) >= 11 is 0. The zero-order valence-corrected chi connectivity index (χ0v) is 10.2. The van der Waals surface area contributed by atoms with Crippen molar-refractivity contribution in [2.24, 2.45) is 5.92 Å². The van der Waals surface area contributed by atoms with Crippen LogP contribution in [-0.2, 0) is 9.36 Å². The zero-order valence-electron chi connectivity index (χ0n) is 9.30. The van der Waals surface area contributed by atoms with E-state index in [1.807, 2.05) is 19.1 Å². The van der Waals surface area contributed by atoms with Gasteiger partial charge in [0.15, 0.2) is 6.16 Å². The Morgan fingerprint density at radius 2 is 2.00 bits per heavy atom. The lowest BCUT2D eigenvalue weighted by atomic mass is 10.2. The molecule has 4 nitrogen and oxygen atoms in total. The highest BCUT2D eigenvalue weighted by molar-refractivity contribution is 7.38. The Morgan fingerprint density at radius 1 is 1.44 bits per heavy atom. The standard InChI is InChI=1S/C11H14NO3P/c1-8-3-5-10(6-4-8)12-11(13)9(2)7-16(14)15/h3-6,9H,7H2,1-2H3,(H-,12,13,14,15)/p+1. The quantitative estimate of drug-likeness (QED) is 0.793. The molecule has 2 N–H and O–H groups in total. The van der Waals surface area contributed by atoms with E-state index in [1.54, 1.807) is 19.1 Å². The number of nitrogens with one attached hydrogen (secondary N) is 1. The number of carbonyl (C=O) groups excluding carboxylic acids is 1. The average Bonchev–Trinajstić information content (AvgIpc) is 2.20. The summed E-state index contributed by atoms with van der Waals surface area (Å²) in [6, 6.07) is 7.40. The Labute approximate surface area is 95.6 Å². The fourth-order valence-electron chi connectivity index (χ4n) is 1.22. The molecule has 0 aliphatic carbocycles. The van der Waals surface area contributed by atoms with Crippen LogP contribution in [0.2, 0.25) is 0 Å². The van der Waals surface area contributed by atoms with E-state index in [0.717, 1.165) is 5.56 Å². The van der Waals surface area contributed by atoms with Crippen molar-refractivity contribution in [1.82, 2.24) is 0 Å². The summed E-state index contributed by atoms with van der Waals surface area (Å²) < 4.78 is 10.6. The van der Waals surface area contributed by atoms with Crippen molar-refractivity contribution in [3.63, 3.8) is 0 Å². The molecule has 0 aliphatic rings. The molecule has 1 amide bonds. The lowest BCUT2D eigenvalue weighted by Gasteiger charge is -2.07. The first-order chi connectivity index (χ1) is 7.49. The van der Waals surface area contributed by atoms with Crippen LogP contribution in [0.25, 0.3) is 0 Å². The van der Waals surface area contributed by atoms with E-state index in [9.17, 15) is 9.36 Å². The van der Waals surface area contributed by atoms with Crippen molar-refractivity contribution in [2.75, 3.05) is 11.5 Å². The molecule has 0 bridgehead atoms. The highest BCUT2D eigenvalue weighted by Gasteiger charge is 2.23. The molecule has 0 radical (unpaired) electrons. The molecule has 5 heteroatoms. The fourth-order valence-corrected chi connectivity index (χ4v) is 1.85. The second kappa shape index (κ2) is 5.73. The fraction of sp³-hybridized carbons (Fsp3) is 0.364. The van der Waals surface area contributed by atoms with Crippen molar-refractivity contribution in [3.05, 3.63) is 29.8 Å². The maximum Gasteiger partial charge on any atom is 0.506 e. The van der Waals surface area contributed by atoms with Crippen molar-refractivity contribution >= 4 is 19.6 Å². The Morgan fingerprint density at radius 3 is 2.50 bits per heavy atom. The molecule has 16 heavy (non-hydrogen) atoms. The molecule has 2 unspecified atom stereocenters. The maximum atomic E-state index is 11.6. The minimum absolute atomic E-state index is 0.00692. The summed E-state index contributed by atoms with van der Waals surface area (Å²) in [7, 11) is -2.26. The number of rotatable bonds is 4. The van der Waals surface area contributed by atoms with Crippen LogP contribution < -0.4 is 5.32 Å². The molecule has 2 atom stereocenters. The van der Waals surface area contributed by atoms with Gasteiger partial charge in [0.2, 0.25) is 5.91 Å². The average molecular weight is 240 g/mol. The third-order valence-corrected chi connectivity index (χ3v) is 3.06. The molecule has 1 rings (SSSR count). The minimum Gasteiger partial charge on any atom is -0.326 e. The van der Waals surface area contributed by atoms with Gasteiger partial charge < -0.3 is 5.32 Å². The molecule has 0 spiro atoms. The van der Waals surface area contributed by atoms with Gasteiger partial charge in [-0.1, -0.05) is 17.7 Å². The number of anilines is 1. The number of benzene rings is 1. The summed E-state index contributed by atoms with van der Waals surface area (Å²) in [5, 5.41) is 2.70. The van der Waals surface area contributed by atoms with Gasteiger partial charge in [-0.3, -0.25) is 4.79 Å². The lowest BCUT2D eigenvalue weighted by Crippen LogP contribution is -2.22. The van der Waals surface area contributed by atoms with Crippen molar-refractivity contribution < 1.29 is 14.3 Å². The van der Waals surface area contributed by atoms with E-state index in [-0.39, 0.29) is 12.1 Å². The Hall–Kier alpha value is -1.25. The zero-order chi connectivity index (χ0) is 12.1.